The van der Waals surface area contributed by atoms with Gasteiger partial charge in [-0.3, -0.25) is 9.59 Å². The van der Waals surface area contributed by atoms with E-state index in [9.17, 15) is 14.0 Å². The molecule has 1 N–H and O–H groups in total. The Bertz CT molecular complexity index is 939. The van der Waals surface area contributed by atoms with Gasteiger partial charge in [0.25, 0.3) is 5.91 Å². The van der Waals surface area contributed by atoms with E-state index >= 15 is 0 Å². The van der Waals surface area contributed by atoms with E-state index in [1.165, 1.54) is 12.1 Å². The van der Waals surface area contributed by atoms with Gasteiger partial charge in [-0.05, 0) is 56.0 Å². The lowest BCUT2D eigenvalue weighted by molar-refractivity contribution is -0.154. The largest absolute Gasteiger partial charge is 0.453 e. The van der Waals surface area contributed by atoms with Crippen LogP contribution in [0.25, 0.3) is 10.2 Å². The van der Waals surface area contributed by atoms with E-state index in [4.69, 9.17) is 4.74 Å². The van der Waals surface area contributed by atoms with Crippen molar-refractivity contribution in [2.75, 3.05) is 6.54 Å². The van der Waals surface area contributed by atoms with Crippen LogP contribution in [-0.2, 0) is 27.2 Å². The summed E-state index contributed by atoms with van der Waals surface area (Å²) >= 11 is 1.63. The molecule has 0 radical (unpaired) electrons. The van der Waals surface area contributed by atoms with Crippen molar-refractivity contribution in [3.05, 3.63) is 64.9 Å². The smallest absolute Gasteiger partial charge is 0.306 e. The molecule has 0 aliphatic heterocycles. The van der Waals surface area contributed by atoms with Crippen molar-refractivity contribution in [2.24, 2.45) is 0 Å². The quantitative estimate of drug-likeness (QED) is 0.537. The number of fused-ring (bicyclic) bond motifs is 1. The lowest BCUT2D eigenvalue weighted by Gasteiger charge is -2.13. The summed E-state index contributed by atoms with van der Waals surface area (Å²) in [4.78, 5) is 28.6. The first-order valence-electron chi connectivity index (χ1n) is 9.57. The molecule has 1 aromatic heterocycles. The van der Waals surface area contributed by atoms with Gasteiger partial charge < -0.3 is 10.1 Å². The maximum absolute atomic E-state index is 12.9. The zero-order valence-electron chi connectivity index (χ0n) is 16.2. The van der Waals surface area contributed by atoms with E-state index in [0.717, 1.165) is 20.8 Å². The Hall–Kier alpha value is -2.80. The third-order valence-corrected chi connectivity index (χ3v) is 5.51. The van der Waals surface area contributed by atoms with Crippen molar-refractivity contribution < 1.29 is 18.7 Å². The highest BCUT2D eigenvalue weighted by Gasteiger charge is 2.17. The van der Waals surface area contributed by atoms with Gasteiger partial charge in [-0.25, -0.2) is 9.37 Å². The molecule has 0 spiro atoms. The third-order valence-electron chi connectivity index (χ3n) is 4.41. The molecule has 1 amide bonds. The predicted molar refractivity (Wildman–Crippen MR) is 111 cm³/mol. The molecule has 1 heterocycles. The fourth-order valence-corrected chi connectivity index (χ4v) is 3.85. The second-order valence-electron chi connectivity index (χ2n) is 6.73. The van der Waals surface area contributed by atoms with Crippen molar-refractivity contribution in [2.45, 2.75) is 38.7 Å². The molecule has 0 saturated heterocycles. The highest BCUT2D eigenvalue weighted by Crippen LogP contribution is 2.22. The Kier molecular flexibility index (Phi) is 7.30. The molecule has 2 aromatic carbocycles. The molecule has 1 atom stereocenters. The number of ether oxygens (including phenoxy) is 1. The number of hydrogen-bond acceptors (Lipinski definition) is 5. The molecule has 0 aliphatic carbocycles. The number of para-hydroxylation sites is 1. The standard InChI is InChI=1S/C22H23FN2O3S/c1-15(22(27)24-14-13-16-9-11-17(23)12-10-16)28-21(26)8-4-7-20-25-18-5-2-3-6-19(18)29-20/h2-3,5-6,9-12,15H,4,7-8,13-14H2,1H3,(H,24,27)/t15-/m0/s1. The minimum Gasteiger partial charge on any atom is -0.453 e. The number of benzene rings is 2. The normalized spacial score (nSPS) is 11.9. The number of nitrogens with one attached hydrogen (secondary N) is 1. The number of carbonyl (C=O) groups is 2. The highest BCUT2D eigenvalue weighted by molar-refractivity contribution is 7.18. The number of rotatable bonds is 9. The number of hydrogen-bond donors (Lipinski definition) is 1. The second kappa shape index (κ2) is 10.1. The Morgan fingerprint density at radius 1 is 1.14 bits per heavy atom. The Morgan fingerprint density at radius 3 is 2.66 bits per heavy atom. The topological polar surface area (TPSA) is 68.3 Å². The van der Waals surface area contributed by atoms with E-state index < -0.39 is 12.1 Å². The van der Waals surface area contributed by atoms with E-state index in [1.807, 2.05) is 24.3 Å². The Labute approximate surface area is 172 Å². The van der Waals surface area contributed by atoms with Crippen LogP contribution in [-0.4, -0.2) is 29.5 Å². The molecule has 0 aliphatic rings. The summed E-state index contributed by atoms with van der Waals surface area (Å²) < 4.78 is 19.2. The van der Waals surface area contributed by atoms with Gasteiger partial charge in [0.15, 0.2) is 6.10 Å². The first-order chi connectivity index (χ1) is 14.0. The molecule has 0 fully saturated rings. The Morgan fingerprint density at radius 2 is 1.90 bits per heavy atom. The van der Waals surface area contributed by atoms with Crippen LogP contribution in [0.5, 0.6) is 0 Å². The van der Waals surface area contributed by atoms with Crippen LogP contribution in [0.2, 0.25) is 0 Å². The van der Waals surface area contributed by atoms with E-state index in [2.05, 4.69) is 10.3 Å². The SMILES string of the molecule is C[C@H](OC(=O)CCCc1nc2ccccc2s1)C(=O)NCCc1ccc(F)cc1. The maximum Gasteiger partial charge on any atom is 0.306 e. The summed E-state index contributed by atoms with van der Waals surface area (Å²) in [6.45, 7) is 1.95. The summed E-state index contributed by atoms with van der Waals surface area (Å²) in [5, 5.41) is 3.72. The van der Waals surface area contributed by atoms with Crippen LogP contribution >= 0.6 is 11.3 Å². The number of thiazole rings is 1. The second-order valence-corrected chi connectivity index (χ2v) is 7.84. The number of esters is 1. The van der Waals surface area contributed by atoms with Crippen LogP contribution in [0.1, 0.15) is 30.3 Å². The summed E-state index contributed by atoms with van der Waals surface area (Å²) in [6, 6.07) is 14.1. The van der Waals surface area contributed by atoms with Gasteiger partial charge in [-0.1, -0.05) is 24.3 Å². The number of aromatic nitrogens is 1. The van der Waals surface area contributed by atoms with Crippen LogP contribution in [0.4, 0.5) is 4.39 Å². The average molecular weight is 415 g/mol. The number of amides is 1. The van der Waals surface area contributed by atoms with Gasteiger partial charge in [0, 0.05) is 13.0 Å². The van der Waals surface area contributed by atoms with Crippen LogP contribution in [0.15, 0.2) is 48.5 Å². The average Bonchev–Trinajstić information content (AvgIpc) is 3.12. The lowest BCUT2D eigenvalue weighted by Crippen LogP contribution is -2.36. The van der Waals surface area contributed by atoms with E-state index in [0.29, 0.717) is 25.8 Å². The van der Waals surface area contributed by atoms with Crippen LogP contribution in [0.3, 0.4) is 0 Å². The van der Waals surface area contributed by atoms with Crippen LogP contribution < -0.4 is 5.32 Å². The monoisotopic (exact) mass is 414 g/mol. The summed E-state index contributed by atoms with van der Waals surface area (Å²) in [5.74, 6) is -1.03. The summed E-state index contributed by atoms with van der Waals surface area (Å²) in [6.07, 6.45) is 1.29. The zero-order chi connectivity index (χ0) is 20.6. The minimum absolute atomic E-state index is 0.239. The third kappa shape index (κ3) is 6.35. The van der Waals surface area contributed by atoms with Gasteiger partial charge in [-0.15, -0.1) is 11.3 Å². The highest BCUT2D eigenvalue weighted by atomic mass is 32.1. The zero-order valence-corrected chi connectivity index (χ0v) is 17.0. The van der Waals surface area contributed by atoms with Gasteiger partial charge in [0.05, 0.1) is 15.2 Å². The summed E-state index contributed by atoms with van der Waals surface area (Å²) in [7, 11) is 0. The molecule has 5 nitrogen and oxygen atoms in total. The molecule has 3 rings (SSSR count). The van der Waals surface area contributed by atoms with Crippen molar-refractivity contribution in [3.8, 4) is 0 Å². The minimum atomic E-state index is -0.849. The fraction of sp³-hybridized carbons (Fsp3) is 0.318. The maximum atomic E-state index is 12.9. The van der Waals surface area contributed by atoms with E-state index in [1.54, 1.807) is 30.4 Å². The molecular formula is C22H23FN2O3S. The summed E-state index contributed by atoms with van der Waals surface area (Å²) in [5.41, 5.74) is 1.90. The van der Waals surface area contributed by atoms with Crippen molar-refractivity contribution in [1.82, 2.24) is 10.3 Å². The molecule has 0 bridgehead atoms. The van der Waals surface area contributed by atoms with Crippen molar-refractivity contribution >= 4 is 33.4 Å². The van der Waals surface area contributed by atoms with Gasteiger partial charge >= 0.3 is 5.97 Å². The molecule has 0 unspecified atom stereocenters. The number of aryl methyl sites for hydroxylation is 1. The lowest BCUT2D eigenvalue weighted by atomic mass is 10.1. The molecule has 29 heavy (non-hydrogen) atoms. The number of nitrogens with zero attached hydrogens (tertiary/aromatic N) is 1. The van der Waals surface area contributed by atoms with Crippen LogP contribution in [0, 0.1) is 5.82 Å². The van der Waals surface area contributed by atoms with Gasteiger partial charge in [-0.2, -0.15) is 0 Å². The molecule has 152 valence electrons. The molecule has 3 aromatic rings. The van der Waals surface area contributed by atoms with Crippen molar-refractivity contribution in [3.63, 3.8) is 0 Å². The number of carbonyl (C=O) groups excluding carboxylic acids is 2. The van der Waals surface area contributed by atoms with Gasteiger partial charge in [0.1, 0.15) is 5.82 Å². The first kappa shape index (κ1) is 20.9. The molecular weight excluding hydrogens is 391 g/mol. The molecule has 0 saturated carbocycles. The van der Waals surface area contributed by atoms with Gasteiger partial charge in [0.2, 0.25) is 0 Å². The van der Waals surface area contributed by atoms with Crippen molar-refractivity contribution in [1.29, 1.82) is 0 Å². The van der Waals surface area contributed by atoms with E-state index in [-0.39, 0.29) is 18.1 Å². The fourth-order valence-electron chi connectivity index (χ4n) is 2.85. The molecule has 7 heteroatoms. The number of halogens is 1. The first-order valence-corrected chi connectivity index (χ1v) is 10.4. The predicted octanol–water partition coefficient (Wildman–Crippen LogP) is 4.05. The Balaban J connectivity index is 1.34.